The predicted octanol–water partition coefficient (Wildman–Crippen LogP) is 3.84. The minimum atomic E-state index is -0.600. The van der Waals surface area contributed by atoms with E-state index in [0.29, 0.717) is 16.5 Å². The van der Waals surface area contributed by atoms with Crippen LogP contribution in [-0.4, -0.2) is 25.5 Å². The molecule has 0 aromatic heterocycles. The van der Waals surface area contributed by atoms with Crippen LogP contribution in [0.5, 0.6) is 11.5 Å². The van der Waals surface area contributed by atoms with Gasteiger partial charge in [0.25, 0.3) is 5.91 Å². The summed E-state index contributed by atoms with van der Waals surface area (Å²) >= 11 is 6.56. The number of amides is 2. The average molecular weight is 411 g/mol. The van der Waals surface area contributed by atoms with E-state index in [4.69, 9.17) is 26.8 Å². The summed E-state index contributed by atoms with van der Waals surface area (Å²) in [6, 6.07) is 15.3. The molecule has 0 saturated carbocycles. The molecule has 4 rings (SSSR count). The van der Waals surface area contributed by atoms with Crippen LogP contribution in [-0.2, 0) is 9.59 Å². The summed E-state index contributed by atoms with van der Waals surface area (Å²) < 4.78 is 10.8. The van der Waals surface area contributed by atoms with Crippen LogP contribution >= 0.6 is 11.6 Å². The van der Waals surface area contributed by atoms with Crippen LogP contribution in [0.25, 0.3) is 10.8 Å². The lowest BCUT2D eigenvalue weighted by Gasteiger charge is -2.28. The second-order valence-electron chi connectivity index (χ2n) is 6.84. The smallest absolute Gasteiger partial charge is 0.255 e. The molecule has 0 unspecified atom stereocenters. The van der Waals surface area contributed by atoms with Gasteiger partial charge in [-0.05, 0) is 22.6 Å². The average Bonchev–Trinajstić information content (AvgIpc) is 2.71. The molecule has 0 fully saturated rings. The molecule has 0 bridgehead atoms. The number of nitrogens with one attached hydrogen (secondary N) is 1. The van der Waals surface area contributed by atoms with Gasteiger partial charge in [0.2, 0.25) is 5.91 Å². The first-order chi connectivity index (χ1) is 14.0. The standard InChI is InChI=1S/C22H19ClN2O4/c1-28-18-8-16(17(23)10-19(18)29-11-20(24)26)15-9-21(27)25-22-13-5-3-2-4-12(13)6-7-14(15)22/h2-8,10,15H,9,11H2,1H3,(H2,24,26)(H,25,27)/t15-/m0/s1. The van der Waals surface area contributed by atoms with Crippen molar-refractivity contribution >= 4 is 39.9 Å². The molecule has 1 heterocycles. The first-order valence-electron chi connectivity index (χ1n) is 9.08. The molecule has 0 radical (unpaired) electrons. The van der Waals surface area contributed by atoms with Crippen molar-refractivity contribution in [3.63, 3.8) is 0 Å². The molecule has 6 nitrogen and oxygen atoms in total. The second-order valence-corrected chi connectivity index (χ2v) is 7.24. The van der Waals surface area contributed by atoms with Crippen LogP contribution in [0.3, 0.4) is 0 Å². The number of fused-ring (bicyclic) bond motifs is 3. The molecule has 3 N–H and O–H groups in total. The fraction of sp³-hybridized carbons (Fsp3) is 0.182. The van der Waals surface area contributed by atoms with Gasteiger partial charge in [-0.25, -0.2) is 0 Å². The normalized spacial score (nSPS) is 15.5. The Bertz CT molecular complexity index is 1130. The molecule has 7 heteroatoms. The van der Waals surface area contributed by atoms with Crippen LogP contribution < -0.4 is 20.5 Å². The van der Waals surface area contributed by atoms with Crippen LogP contribution in [0.15, 0.2) is 48.5 Å². The van der Waals surface area contributed by atoms with Gasteiger partial charge in [-0.3, -0.25) is 9.59 Å². The SMILES string of the molecule is COc1cc([C@H]2CC(=O)Nc3c2ccc2ccccc32)c(Cl)cc1OCC(N)=O. The molecule has 29 heavy (non-hydrogen) atoms. The third-order valence-electron chi connectivity index (χ3n) is 5.02. The number of rotatable bonds is 5. The number of benzene rings is 3. The molecule has 3 aromatic rings. The minimum Gasteiger partial charge on any atom is -0.493 e. The van der Waals surface area contributed by atoms with E-state index < -0.39 is 5.91 Å². The fourth-order valence-corrected chi connectivity index (χ4v) is 4.01. The highest BCUT2D eigenvalue weighted by Crippen LogP contribution is 2.45. The molecule has 1 atom stereocenters. The third kappa shape index (κ3) is 3.59. The number of methoxy groups -OCH3 is 1. The molecular weight excluding hydrogens is 392 g/mol. The zero-order valence-electron chi connectivity index (χ0n) is 15.7. The molecule has 148 valence electrons. The zero-order valence-corrected chi connectivity index (χ0v) is 16.5. The van der Waals surface area contributed by atoms with Crippen LogP contribution in [0.1, 0.15) is 23.5 Å². The second kappa shape index (κ2) is 7.64. The van der Waals surface area contributed by atoms with E-state index in [1.807, 2.05) is 36.4 Å². The third-order valence-corrected chi connectivity index (χ3v) is 5.35. The fourth-order valence-electron chi connectivity index (χ4n) is 3.72. The molecule has 3 aromatic carbocycles. The van der Waals surface area contributed by atoms with E-state index in [9.17, 15) is 9.59 Å². The van der Waals surface area contributed by atoms with Gasteiger partial charge in [0, 0.05) is 28.8 Å². The molecule has 1 aliphatic heterocycles. The maximum absolute atomic E-state index is 12.5. The van der Waals surface area contributed by atoms with Crippen molar-refractivity contribution in [2.45, 2.75) is 12.3 Å². The highest BCUT2D eigenvalue weighted by Gasteiger charge is 2.30. The summed E-state index contributed by atoms with van der Waals surface area (Å²) in [5.74, 6) is -0.187. The van der Waals surface area contributed by atoms with Crippen molar-refractivity contribution in [1.29, 1.82) is 0 Å². The quantitative estimate of drug-likeness (QED) is 0.668. The van der Waals surface area contributed by atoms with Gasteiger partial charge in [0.15, 0.2) is 18.1 Å². The number of carbonyl (C=O) groups excluding carboxylic acids is 2. The Balaban J connectivity index is 1.82. The van der Waals surface area contributed by atoms with Gasteiger partial charge < -0.3 is 20.5 Å². The monoisotopic (exact) mass is 410 g/mol. The van der Waals surface area contributed by atoms with Crippen molar-refractivity contribution in [3.8, 4) is 11.5 Å². The summed E-state index contributed by atoms with van der Waals surface area (Å²) in [5.41, 5.74) is 7.68. The highest BCUT2D eigenvalue weighted by atomic mass is 35.5. The van der Waals surface area contributed by atoms with Gasteiger partial charge in [-0.2, -0.15) is 0 Å². The minimum absolute atomic E-state index is 0.0806. The number of ether oxygens (including phenoxy) is 2. The number of primary amides is 1. The summed E-state index contributed by atoms with van der Waals surface area (Å²) in [6.45, 7) is -0.285. The molecule has 0 aliphatic carbocycles. The van der Waals surface area contributed by atoms with Crippen LogP contribution in [0.2, 0.25) is 5.02 Å². The van der Waals surface area contributed by atoms with Crippen LogP contribution in [0, 0.1) is 0 Å². The molecule has 0 spiro atoms. The van der Waals surface area contributed by atoms with E-state index in [1.54, 1.807) is 12.1 Å². The number of carbonyl (C=O) groups is 2. The first-order valence-corrected chi connectivity index (χ1v) is 9.45. The van der Waals surface area contributed by atoms with Crippen molar-refractivity contribution in [1.82, 2.24) is 0 Å². The first kappa shape index (κ1) is 19.1. The van der Waals surface area contributed by atoms with E-state index in [1.165, 1.54) is 7.11 Å². The van der Waals surface area contributed by atoms with Gasteiger partial charge >= 0.3 is 0 Å². The Morgan fingerprint density at radius 2 is 1.97 bits per heavy atom. The predicted molar refractivity (Wildman–Crippen MR) is 112 cm³/mol. The topological polar surface area (TPSA) is 90.7 Å². The van der Waals surface area contributed by atoms with Gasteiger partial charge in [-0.15, -0.1) is 0 Å². The lowest BCUT2D eigenvalue weighted by molar-refractivity contribution is -0.120. The highest BCUT2D eigenvalue weighted by molar-refractivity contribution is 6.31. The van der Waals surface area contributed by atoms with Crippen molar-refractivity contribution in [3.05, 3.63) is 64.7 Å². The summed E-state index contributed by atoms with van der Waals surface area (Å²) in [7, 11) is 1.50. The molecule has 2 amide bonds. The van der Waals surface area contributed by atoms with E-state index in [-0.39, 0.29) is 24.9 Å². The maximum Gasteiger partial charge on any atom is 0.255 e. The summed E-state index contributed by atoms with van der Waals surface area (Å²) in [5, 5.41) is 5.45. The number of hydrogen-bond donors (Lipinski definition) is 2. The van der Waals surface area contributed by atoms with Gasteiger partial charge in [-0.1, -0.05) is 48.0 Å². The lowest BCUT2D eigenvalue weighted by Crippen LogP contribution is -2.24. The van der Waals surface area contributed by atoms with Gasteiger partial charge in [0.1, 0.15) is 0 Å². The molecule has 1 aliphatic rings. The Hall–Kier alpha value is -3.25. The summed E-state index contributed by atoms with van der Waals surface area (Å²) in [6.07, 6.45) is 0.260. The number of anilines is 1. The zero-order chi connectivity index (χ0) is 20.5. The van der Waals surface area contributed by atoms with Crippen molar-refractivity contribution < 1.29 is 19.1 Å². The van der Waals surface area contributed by atoms with Gasteiger partial charge in [0.05, 0.1) is 12.8 Å². The number of nitrogens with two attached hydrogens (primary N) is 1. The van der Waals surface area contributed by atoms with Crippen molar-refractivity contribution in [2.24, 2.45) is 5.73 Å². The largest absolute Gasteiger partial charge is 0.493 e. The lowest BCUT2D eigenvalue weighted by atomic mass is 9.83. The Labute approximate surface area is 172 Å². The molecule has 0 saturated heterocycles. The van der Waals surface area contributed by atoms with E-state index in [2.05, 4.69) is 5.32 Å². The van der Waals surface area contributed by atoms with Crippen molar-refractivity contribution in [2.75, 3.05) is 19.0 Å². The Kier molecular flexibility index (Phi) is 5.03. The number of halogens is 1. The van der Waals surface area contributed by atoms with Crippen LogP contribution in [0.4, 0.5) is 5.69 Å². The van der Waals surface area contributed by atoms with E-state index in [0.717, 1.165) is 27.6 Å². The Morgan fingerprint density at radius 3 is 2.72 bits per heavy atom. The Morgan fingerprint density at radius 1 is 1.17 bits per heavy atom. The summed E-state index contributed by atoms with van der Waals surface area (Å²) in [4.78, 5) is 23.5. The number of hydrogen-bond acceptors (Lipinski definition) is 4. The maximum atomic E-state index is 12.5. The molecular formula is C22H19ClN2O4. The van der Waals surface area contributed by atoms with E-state index >= 15 is 0 Å².